The number of carbonyl (C=O) groups is 3. The number of halogens is 1. The number of nitro benzene ring substituents is 1. The molecule has 4 rings (SSSR count). The van der Waals surface area contributed by atoms with Gasteiger partial charge in [0.25, 0.3) is 5.56 Å². The second-order valence-electron chi connectivity index (χ2n) is 10.0. The average Bonchev–Trinajstić information content (AvgIpc) is 3.36. The second kappa shape index (κ2) is 16.4. The summed E-state index contributed by atoms with van der Waals surface area (Å²) in [5, 5.41) is 12.0. The van der Waals surface area contributed by atoms with E-state index >= 15 is 0 Å². The predicted molar refractivity (Wildman–Crippen MR) is 178 cm³/mol. The first kappa shape index (κ1) is 36.8. The molecule has 0 spiro atoms. The monoisotopic (exact) mass is 761 g/mol. The van der Waals surface area contributed by atoms with Gasteiger partial charge in [-0.1, -0.05) is 17.4 Å². The lowest BCUT2D eigenvalue weighted by atomic mass is 9.95. The number of ether oxygens (including phenoxy) is 6. The molecule has 0 aliphatic carbocycles. The van der Waals surface area contributed by atoms with Gasteiger partial charge in [0.05, 0.1) is 58.2 Å². The minimum absolute atomic E-state index is 0.0738. The van der Waals surface area contributed by atoms with Crippen molar-refractivity contribution < 1.29 is 47.7 Å². The Hall–Kier alpha value is -5.03. The van der Waals surface area contributed by atoms with Crippen LogP contribution in [0.15, 0.2) is 55.9 Å². The van der Waals surface area contributed by atoms with E-state index in [-0.39, 0.29) is 68.6 Å². The van der Waals surface area contributed by atoms with Gasteiger partial charge in [0, 0.05) is 6.07 Å². The number of allylic oxidation sites excluding steroid dienone is 1. The van der Waals surface area contributed by atoms with Crippen molar-refractivity contribution in [3.05, 3.63) is 87.0 Å². The van der Waals surface area contributed by atoms with E-state index < -0.39 is 46.7 Å². The molecular weight excluding hydrogens is 730 g/mol. The van der Waals surface area contributed by atoms with Crippen molar-refractivity contribution in [1.82, 2.24) is 4.57 Å². The number of esters is 3. The van der Waals surface area contributed by atoms with Crippen LogP contribution in [0.25, 0.3) is 6.08 Å². The maximum Gasteiger partial charge on any atom is 0.344 e. The van der Waals surface area contributed by atoms with Crippen molar-refractivity contribution in [2.24, 2.45) is 4.99 Å². The van der Waals surface area contributed by atoms with Crippen molar-refractivity contribution in [3.63, 3.8) is 0 Å². The highest BCUT2D eigenvalue weighted by Crippen LogP contribution is 2.38. The Morgan fingerprint density at radius 1 is 1.00 bits per heavy atom. The highest BCUT2D eigenvalue weighted by molar-refractivity contribution is 9.10. The Labute approximate surface area is 291 Å². The van der Waals surface area contributed by atoms with Gasteiger partial charge in [0.2, 0.25) is 5.75 Å². The van der Waals surface area contributed by atoms with Crippen molar-refractivity contribution in [1.29, 1.82) is 0 Å². The van der Waals surface area contributed by atoms with Crippen LogP contribution >= 0.6 is 27.3 Å². The molecule has 1 aliphatic heterocycles. The van der Waals surface area contributed by atoms with Crippen LogP contribution in [0, 0.1) is 10.1 Å². The van der Waals surface area contributed by atoms with Crippen molar-refractivity contribution in [2.45, 2.75) is 33.7 Å². The van der Waals surface area contributed by atoms with Crippen molar-refractivity contribution >= 4 is 56.9 Å². The third-order valence-corrected chi connectivity index (χ3v) is 8.43. The van der Waals surface area contributed by atoms with Crippen molar-refractivity contribution in [3.8, 4) is 17.2 Å². The molecule has 0 saturated carbocycles. The maximum absolute atomic E-state index is 14.1. The zero-order chi connectivity index (χ0) is 35.8. The molecular formula is C32H32BrN3O12S. The summed E-state index contributed by atoms with van der Waals surface area (Å²) in [5.41, 5.74) is 0.188. The van der Waals surface area contributed by atoms with Crippen LogP contribution in [0.1, 0.15) is 44.9 Å². The van der Waals surface area contributed by atoms with Crippen LogP contribution in [0.2, 0.25) is 0 Å². The number of benzene rings is 2. The quantitative estimate of drug-likeness (QED) is 0.101. The number of hydrogen-bond acceptors (Lipinski definition) is 14. The highest BCUT2D eigenvalue weighted by atomic mass is 79.9. The van der Waals surface area contributed by atoms with Gasteiger partial charge in [0.15, 0.2) is 29.5 Å². The van der Waals surface area contributed by atoms with E-state index in [1.54, 1.807) is 45.9 Å². The number of fused-ring (bicyclic) bond motifs is 1. The number of hydrogen-bond donors (Lipinski definition) is 0. The van der Waals surface area contributed by atoms with Crippen LogP contribution in [-0.2, 0) is 28.6 Å². The third kappa shape index (κ3) is 8.34. The smallest absolute Gasteiger partial charge is 0.344 e. The Morgan fingerprint density at radius 3 is 2.37 bits per heavy atom. The molecule has 1 atom stereocenters. The fraction of sp³-hybridized carbons (Fsp3) is 0.344. The van der Waals surface area contributed by atoms with Gasteiger partial charge >= 0.3 is 23.6 Å². The lowest BCUT2D eigenvalue weighted by Crippen LogP contribution is -2.40. The summed E-state index contributed by atoms with van der Waals surface area (Å²) < 4.78 is 33.3. The molecule has 2 aromatic carbocycles. The number of methoxy groups -OCH3 is 1. The number of carbonyl (C=O) groups excluding carboxylic acids is 3. The van der Waals surface area contributed by atoms with Gasteiger partial charge in [-0.25, -0.2) is 19.4 Å². The van der Waals surface area contributed by atoms with E-state index in [1.165, 1.54) is 29.9 Å². The van der Waals surface area contributed by atoms with Gasteiger partial charge in [-0.05, 0) is 79.0 Å². The van der Waals surface area contributed by atoms with E-state index in [1.807, 2.05) is 0 Å². The summed E-state index contributed by atoms with van der Waals surface area (Å²) in [6.07, 6.45) is 1.45. The standard InChI is InChI=1S/C32H32BrN3O12S/c1-6-44-23-14-19(9-10-22(23)47-15-25(37)43-5)28-27(31(40)46-8-3)17(4)34-32-35(28)30(39)24(49-32)13-18-11-20(33)29(21(12-18)36(41)42)48-16-26(38)45-7-2/h9-14,28H,6-8,15-16H2,1-5H3/b24-13+/t28-/m0/s1. The molecule has 0 unspecified atom stereocenters. The summed E-state index contributed by atoms with van der Waals surface area (Å²) in [6.45, 7) is 6.19. The Morgan fingerprint density at radius 2 is 1.71 bits per heavy atom. The predicted octanol–water partition coefficient (Wildman–Crippen LogP) is 3.36. The minimum Gasteiger partial charge on any atom is -0.490 e. The Kier molecular flexibility index (Phi) is 12.3. The maximum atomic E-state index is 14.1. The summed E-state index contributed by atoms with van der Waals surface area (Å²) in [7, 11) is 1.23. The first-order valence-electron chi connectivity index (χ1n) is 14.9. The number of aromatic nitrogens is 1. The largest absolute Gasteiger partial charge is 0.490 e. The van der Waals surface area contributed by atoms with Crippen LogP contribution in [0.5, 0.6) is 17.2 Å². The minimum atomic E-state index is -1.01. The first-order chi connectivity index (χ1) is 23.4. The number of nitrogens with zero attached hydrogens (tertiary/aromatic N) is 3. The molecule has 3 aromatic rings. The molecule has 0 amide bonds. The topological polar surface area (TPSA) is 184 Å². The van der Waals surface area contributed by atoms with E-state index in [9.17, 15) is 29.3 Å². The van der Waals surface area contributed by atoms with E-state index in [4.69, 9.17) is 23.7 Å². The second-order valence-corrected chi connectivity index (χ2v) is 11.9. The van der Waals surface area contributed by atoms with Crippen LogP contribution in [0.4, 0.5) is 5.69 Å². The van der Waals surface area contributed by atoms with Crippen molar-refractivity contribution in [2.75, 3.05) is 40.1 Å². The van der Waals surface area contributed by atoms with Gasteiger partial charge in [-0.2, -0.15) is 0 Å². The normalized spacial score (nSPS) is 14.0. The fourth-order valence-electron chi connectivity index (χ4n) is 4.83. The molecule has 49 heavy (non-hydrogen) atoms. The highest BCUT2D eigenvalue weighted by Gasteiger charge is 2.34. The summed E-state index contributed by atoms with van der Waals surface area (Å²) in [5.74, 6) is -1.66. The van der Waals surface area contributed by atoms with Crippen LogP contribution in [0.3, 0.4) is 0 Å². The fourth-order valence-corrected chi connectivity index (χ4v) is 6.46. The molecule has 0 N–H and O–H groups in total. The van der Waals surface area contributed by atoms with Gasteiger partial charge in [-0.15, -0.1) is 0 Å². The summed E-state index contributed by atoms with van der Waals surface area (Å²) >= 11 is 4.29. The third-order valence-electron chi connectivity index (χ3n) is 6.85. The molecule has 2 heterocycles. The number of thiazole rings is 1. The van der Waals surface area contributed by atoms with Gasteiger partial charge < -0.3 is 28.4 Å². The summed E-state index contributed by atoms with van der Waals surface area (Å²) in [6, 6.07) is 6.48. The van der Waals surface area contributed by atoms with Crippen LogP contribution in [-0.4, -0.2) is 67.5 Å². The van der Waals surface area contributed by atoms with Gasteiger partial charge in [-0.3, -0.25) is 19.5 Å². The lowest BCUT2D eigenvalue weighted by Gasteiger charge is -2.25. The molecule has 1 aliphatic rings. The molecule has 260 valence electrons. The number of rotatable bonds is 14. The molecule has 1 aromatic heterocycles. The molecule has 0 radical (unpaired) electrons. The number of nitro groups is 1. The molecule has 17 heteroatoms. The first-order valence-corrected chi connectivity index (χ1v) is 16.5. The van der Waals surface area contributed by atoms with E-state index in [0.29, 0.717) is 11.3 Å². The average molecular weight is 763 g/mol. The zero-order valence-corrected chi connectivity index (χ0v) is 29.5. The molecule has 15 nitrogen and oxygen atoms in total. The van der Waals surface area contributed by atoms with Crippen LogP contribution < -0.4 is 29.1 Å². The Bertz CT molecular complexity index is 2000. The lowest BCUT2D eigenvalue weighted by molar-refractivity contribution is -0.385. The Balaban J connectivity index is 1.87. The molecule has 0 saturated heterocycles. The zero-order valence-electron chi connectivity index (χ0n) is 27.1. The SMILES string of the molecule is CCOC(=O)COc1c(Br)cc(/C=c2/sc3n(c2=O)[C@@H](c2ccc(OCC(=O)OC)c(OCC)c2)C(C(=O)OCC)=C(C)N=3)cc1[N+](=O)[O-]. The van der Waals surface area contributed by atoms with Gasteiger partial charge in [0.1, 0.15) is 0 Å². The molecule has 0 bridgehead atoms. The van der Waals surface area contributed by atoms with E-state index in [0.717, 1.165) is 11.3 Å². The molecule has 0 fully saturated rings. The summed E-state index contributed by atoms with van der Waals surface area (Å²) in [4.78, 5) is 67.0. The van der Waals surface area contributed by atoms with E-state index in [2.05, 4.69) is 25.7 Å².